The highest BCUT2D eigenvalue weighted by atomic mass is 19.4. The van der Waals surface area contributed by atoms with Crippen LogP contribution in [0.1, 0.15) is 11.4 Å². The lowest BCUT2D eigenvalue weighted by molar-refractivity contribution is -0.139. The third kappa shape index (κ3) is 2.74. The van der Waals surface area contributed by atoms with Crippen molar-refractivity contribution in [2.75, 3.05) is 38.1 Å². The molecule has 1 fully saturated rings. The number of fused-ring (bicyclic) bond motifs is 3. The molecule has 1 aliphatic heterocycles. The Bertz CT molecular complexity index is 988. The van der Waals surface area contributed by atoms with Crippen LogP contribution in [-0.4, -0.2) is 57.7 Å². The Morgan fingerprint density at radius 2 is 1.73 bits per heavy atom. The number of hydrogen-bond acceptors (Lipinski definition) is 5. The molecule has 0 aliphatic carbocycles. The van der Waals surface area contributed by atoms with E-state index in [-0.39, 0.29) is 10.9 Å². The molecule has 0 N–H and O–H groups in total. The molecule has 1 saturated heterocycles. The number of hydrogen-bond donors (Lipinski definition) is 0. The fourth-order valence-electron chi connectivity index (χ4n) is 3.15. The van der Waals surface area contributed by atoms with Crippen molar-refractivity contribution in [1.29, 1.82) is 0 Å². The van der Waals surface area contributed by atoms with Gasteiger partial charge in [0.2, 0.25) is 5.95 Å². The number of piperazine rings is 1. The van der Waals surface area contributed by atoms with E-state index in [0.717, 1.165) is 25.2 Å². The Labute approximate surface area is 146 Å². The van der Waals surface area contributed by atoms with Crippen molar-refractivity contribution in [3.63, 3.8) is 0 Å². The van der Waals surface area contributed by atoms with Crippen molar-refractivity contribution in [3.8, 4) is 0 Å². The van der Waals surface area contributed by atoms with Crippen LogP contribution >= 0.6 is 0 Å². The standard InChI is InChI=1S/C16H16F4N6/c1-9-21-14-10-7-12(17)11(16(18,19)20)8-13(10)22-15(26(14)23-9)25-5-3-24(2)4-6-25/h7-8H,3-6H2,1-2H3. The number of alkyl halides is 3. The van der Waals surface area contributed by atoms with Crippen LogP contribution in [-0.2, 0) is 6.18 Å². The van der Waals surface area contributed by atoms with E-state index in [1.54, 1.807) is 6.92 Å². The summed E-state index contributed by atoms with van der Waals surface area (Å²) in [6, 6.07) is 1.58. The van der Waals surface area contributed by atoms with E-state index in [9.17, 15) is 17.6 Å². The molecule has 6 nitrogen and oxygen atoms in total. The third-order valence-corrected chi connectivity index (χ3v) is 4.54. The zero-order valence-electron chi connectivity index (χ0n) is 14.2. The molecule has 138 valence electrons. The number of likely N-dealkylation sites (N-methyl/N-ethyl adjacent to an activating group) is 1. The normalized spacial score (nSPS) is 16.8. The summed E-state index contributed by atoms with van der Waals surface area (Å²) in [5, 5.41) is 4.50. The number of benzene rings is 1. The zero-order chi connectivity index (χ0) is 18.6. The fourth-order valence-corrected chi connectivity index (χ4v) is 3.15. The maximum Gasteiger partial charge on any atom is 0.419 e. The first-order valence-electron chi connectivity index (χ1n) is 8.11. The number of aromatic nitrogens is 4. The molecule has 0 saturated carbocycles. The maximum atomic E-state index is 14.0. The van der Waals surface area contributed by atoms with Crippen LogP contribution in [0, 0.1) is 12.7 Å². The Balaban J connectivity index is 1.97. The minimum atomic E-state index is -4.79. The molecule has 26 heavy (non-hydrogen) atoms. The van der Waals surface area contributed by atoms with Crippen molar-refractivity contribution < 1.29 is 17.6 Å². The number of rotatable bonds is 1. The molecule has 2 aromatic heterocycles. The first kappa shape index (κ1) is 17.0. The molecule has 1 aliphatic rings. The average molecular weight is 368 g/mol. The highest BCUT2D eigenvalue weighted by Crippen LogP contribution is 2.35. The fraction of sp³-hybridized carbons (Fsp3) is 0.438. The van der Waals surface area contributed by atoms with E-state index in [0.29, 0.717) is 30.5 Å². The summed E-state index contributed by atoms with van der Waals surface area (Å²) >= 11 is 0. The molecule has 4 rings (SSSR count). The van der Waals surface area contributed by atoms with Gasteiger partial charge in [-0.1, -0.05) is 0 Å². The predicted octanol–water partition coefficient (Wildman–Crippen LogP) is 2.50. The molecular weight excluding hydrogens is 352 g/mol. The lowest BCUT2D eigenvalue weighted by atomic mass is 10.1. The van der Waals surface area contributed by atoms with Crippen LogP contribution in [0.4, 0.5) is 23.5 Å². The van der Waals surface area contributed by atoms with Crippen LogP contribution in [0.15, 0.2) is 12.1 Å². The highest BCUT2D eigenvalue weighted by Gasteiger charge is 2.35. The van der Waals surface area contributed by atoms with Gasteiger partial charge in [-0.05, 0) is 26.1 Å². The second kappa shape index (κ2) is 5.76. The minimum absolute atomic E-state index is 0.0487. The Morgan fingerprint density at radius 1 is 1.04 bits per heavy atom. The average Bonchev–Trinajstić information content (AvgIpc) is 2.95. The van der Waals surface area contributed by atoms with E-state index in [1.807, 2.05) is 11.9 Å². The lowest BCUT2D eigenvalue weighted by Crippen LogP contribution is -2.45. The van der Waals surface area contributed by atoms with E-state index in [2.05, 4.69) is 20.0 Å². The van der Waals surface area contributed by atoms with Gasteiger partial charge in [0.1, 0.15) is 11.6 Å². The van der Waals surface area contributed by atoms with E-state index in [1.165, 1.54) is 4.52 Å². The SMILES string of the molecule is Cc1nc2c3cc(F)c(C(F)(F)F)cc3nc(N3CCN(C)CC3)n2n1. The second-order valence-electron chi connectivity index (χ2n) is 6.44. The number of nitrogens with zero attached hydrogens (tertiary/aromatic N) is 6. The number of halogens is 4. The van der Waals surface area contributed by atoms with Gasteiger partial charge in [-0.15, -0.1) is 5.10 Å². The quantitative estimate of drug-likeness (QED) is 0.618. The predicted molar refractivity (Wildman–Crippen MR) is 87.7 cm³/mol. The van der Waals surface area contributed by atoms with Gasteiger partial charge < -0.3 is 9.80 Å². The van der Waals surface area contributed by atoms with E-state index >= 15 is 0 Å². The highest BCUT2D eigenvalue weighted by molar-refractivity contribution is 5.93. The topological polar surface area (TPSA) is 49.6 Å². The summed E-state index contributed by atoms with van der Waals surface area (Å²) in [4.78, 5) is 12.8. The van der Waals surface area contributed by atoms with Crippen molar-refractivity contribution in [3.05, 3.63) is 29.3 Å². The van der Waals surface area contributed by atoms with E-state index < -0.39 is 17.6 Å². The first-order chi connectivity index (χ1) is 12.2. The van der Waals surface area contributed by atoms with Gasteiger partial charge in [-0.2, -0.15) is 17.7 Å². The zero-order valence-corrected chi connectivity index (χ0v) is 14.2. The summed E-state index contributed by atoms with van der Waals surface area (Å²) in [7, 11) is 2.00. The van der Waals surface area contributed by atoms with Gasteiger partial charge in [0.05, 0.1) is 11.1 Å². The molecule has 3 aromatic rings. The van der Waals surface area contributed by atoms with Gasteiger partial charge in [0, 0.05) is 31.6 Å². The van der Waals surface area contributed by atoms with Crippen LogP contribution in [0.25, 0.3) is 16.6 Å². The summed E-state index contributed by atoms with van der Waals surface area (Å²) < 4.78 is 54.7. The summed E-state index contributed by atoms with van der Waals surface area (Å²) in [5.74, 6) is -0.488. The largest absolute Gasteiger partial charge is 0.419 e. The molecule has 0 bridgehead atoms. The smallest absolute Gasteiger partial charge is 0.338 e. The number of aryl methyl sites for hydroxylation is 1. The van der Waals surface area contributed by atoms with Crippen molar-refractivity contribution in [1.82, 2.24) is 24.5 Å². The Morgan fingerprint density at radius 3 is 2.38 bits per heavy atom. The van der Waals surface area contributed by atoms with Gasteiger partial charge in [-0.3, -0.25) is 0 Å². The van der Waals surface area contributed by atoms with Crippen LogP contribution in [0.5, 0.6) is 0 Å². The Hall–Kier alpha value is -2.49. The Kier molecular flexibility index (Phi) is 3.76. The molecule has 0 spiro atoms. The maximum absolute atomic E-state index is 14.0. The molecule has 3 heterocycles. The van der Waals surface area contributed by atoms with Crippen molar-refractivity contribution in [2.45, 2.75) is 13.1 Å². The summed E-state index contributed by atoms with van der Waals surface area (Å²) in [6.07, 6.45) is -4.79. The van der Waals surface area contributed by atoms with Gasteiger partial charge in [0.25, 0.3) is 0 Å². The number of anilines is 1. The molecule has 1 aromatic carbocycles. The van der Waals surface area contributed by atoms with Crippen molar-refractivity contribution in [2.24, 2.45) is 0 Å². The van der Waals surface area contributed by atoms with Crippen LogP contribution in [0.2, 0.25) is 0 Å². The molecule has 0 unspecified atom stereocenters. The van der Waals surface area contributed by atoms with Gasteiger partial charge >= 0.3 is 6.18 Å². The molecular formula is C16H16F4N6. The van der Waals surface area contributed by atoms with E-state index in [4.69, 9.17) is 0 Å². The van der Waals surface area contributed by atoms with Crippen LogP contribution in [0.3, 0.4) is 0 Å². The lowest BCUT2D eigenvalue weighted by Gasteiger charge is -2.33. The molecule has 0 amide bonds. The summed E-state index contributed by atoms with van der Waals surface area (Å²) in [5.41, 5.74) is -0.982. The van der Waals surface area contributed by atoms with Crippen LogP contribution < -0.4 is 4.90 Å². The third-order valence-electron chi connectivity index (χ3n) is 4.54. The first-order valence-corrected chi connectivity index (χ1v) is 8.11. The molecule has 10 heteroatoms. The van der Waals surface area contributed by atoms with Gasteiger partial charge in [0.15, 0.2) is 5.65 Å². The van der Waals surface area contributed by atoms with Crippen molar-refractivity contribution >= 4 is 22.5 Å². The second-order valence-corrected chi connectivity index (χ2v) is 6.44. The minimum Gasteiger partial charge on any atom is -0.338 e. The summed E-state index contributed by atoms with van der Waals surface area (Å²) in [6.45, 7) is 4.60. The van der Waals surface area contributed by atoms with Gasteiger partial charge in [-0.25, -0.2) is 14.4 Å². The monoisotopic (exact) mass is 368 g/mol. The molecule has 0 atom stereocenters. The molecule has 0 radical (unpaired) electrons.